The van der Waals surface area contributed by atoms with E-state index in [1.807, 2.05) is 0 Å². The smallest absolute Gasteiger partial charge is 0.337 e. The van der Waals surface area contributed by atoms with Gasteiger partial charge in [0.05, 0.1) is 33.4 Å². The molecule has 0 atom stereocenters. The fraction of sp³-hybridized carbons (Fsp3) is 0.263. The highest BCUT2D eigenvalue weighted by atomic mass is 16.5. The molecule has 0 bridgehead atoms. The van der Waals surface area contributed by atoms with Crippen molar-refractivity contribution >= 4 is 17.7 Å². The van der Waals surface area contributed by atoms with E-state index in [-0.39, 0.29) is 12.6 Å². The highest BCUT2D eigenvalue weighted by molar-refractivity contribution is 5.92. The van der Waals surface area contributed by atoms with Crippen molar-refractivity contribution in [2.75, 3.05) is 39.8 Å². The molecule has 2 N–H and O–H groups in total. The molecule has 8 heteroatoms. The summed E-state index contributed by atoms with van der Waals surface area (Å²) < 4.78 is 20.6. The van der Waals surface area contributed by atoms with Gasteiger partial charge in [0, 0.05) is 23.9 Å². The van der Waals surface area contributed by atoms with Crippen molar-refractivity contribution in [2.45, 2.75) is 0 Å². The van der Waals surface area contributed by atoms with Crippen LogP contribution in [0.5, 0.6) is 17.2 Å². The number of ether oxygens (including phenoxy) is 4. The van der Waals surface area contributed by atoms with Gasteiger partial charge in [0.1, 0.15) is 23.9 Å². The first kappa shape index (κ1) is 19.9. The molecule has 0 unspecified atom stereocenters. The number of amides is 2. The largest absolute Gasteiger partial charge is 0.496 e. The highest BCUT2D eigenvalue weighted by Gasteiger charge is 2.07. The summed E-state index contributed by atoms with van der Waals surface area (Å²) in [7, 11) is 4.43. The summed E-state index contributed by atoms with van der Waals surface area (Å²) in [6.07, 6.45) is 0. The summed E-state index contributed by atoms with van der Waals surface area (Å²) in [6.45, 7) is 0.566. The van der Waals surface area contributed by atoms with Gasteiger partial charge in [-0.1, -0.05) is 0 Å². The highest BCUT2D eigenvalue weighted by Crippen LogP contribution is 2.27. The lowest BCUT2D eigenvalue weighted by Crippen LogP contribution is -2.32. The molecule has 0 aliphatic heterocycles. The van der Waals surface area contributed by atoms with Crippen molar-refractivity contribution in [1.82, 2.24) is 5.32 Å². The maximum Gasteiger partial charge on any atom is 0.337 e. The molecule has 0 aliphatic carbocycles. The van der Waals surface area contributed by atoms with E-state index in [4.69, 9.17) is 14.2 Å². The Morgan fingerprint density at radius 1 is 0.889 bits per heavy atom. The molecule has 0 spiro atoms. The minimum Gasteiger partial charge on any atom is -0.496 e. The van der Waals surface area contributed by atoms with Crippen LogP contribution in [0.2, 0.25) is 0 Å². The Morgan fingerprint density at radius 3 is 2.04 bits per heavy atom. The van der Waals surface area contributed by atoms with Gasteiger partial charge in [0.2, 0.25) is 0 Å². The topological polar surface area (TPSA) is 95.1 Å². The number of esters is 1. The van der Waals surface area contributed by atoms with E-state index in [1.54, 1.807) is 56.7 Å². The fourth-order valence-electron chi connectivity index (χ4n) is 2.18. The average molecular weight is 374 g/mol. The Morgan fingerprint density at radius 2 is 1.48 bits per heavy atom. The van der Waals surface area contributed by atoms with Gasteiger partial charge in [-0.05, 0) is 24.3 Å². The monoisotopic (exact) mass is 374 g/mol. The summed E-state index contributed by atoms with van der Waals surface area (Å²) in [4.78, 5) is 23.3. The molecule has 0 radical (unpaired) electrons. The van der Waals surface area contributed by atoms with Crippen molar-refractivity contribution in [3.05, 3.63) is 48.0 Å². The van der Waals surface area contributed by atoms with Gasteiger partial charge < -0.3 is 29.6 Å². The van der Waals surface area contributed by atoms with Gasteiger partial charge in [-0.2, -0.15) is 0 Å². The van der Waals surface area contributed by atoms with Crippen molar-refractivity contribution < 1.29 is 28.5 Å². The Hall–Kier alpha value is -3.42. The van der Waals surface area contributed by atoms with Gasteiger partial charge in [-0.15, -0.1) is 0 Å². The van der Waals surface area contributed by atoms with Crippen LogP contribution in [0, 0.1) is 0 Å². The van der Waals surface area contributed by atoms with Crippen LogP contribution in [0.25, 0.3) is 0 Å². The first-order chi connectivity index (χ1) is 13.0. The van der Waals surface area contributed by atoms with E-state index in [2.05, 4.69) is 15.4 Å². The lowest BCUT2D eigenvalue weighted by molar-refractivity contribution is 0.0600. The van der Waals surface area contributed by atoms with Gasteiger partial charge in [0.25, 0.3) is 0 Å². The molecule has 2 aromatic rings. The molecular formula is C19H22N2O6. The van der Waals surface area contributed by atoms with Crippen LogP contribution in [0.4, 0.5) is 10.5 Å². The first-order valence-corrected chi connectivity index (χ1v) is 8.15. The molecule has 2 rings (SSSR count). The average Bonchev–Trinajstić information content (AvgIpc) is 2.70. The Labute approximate surface area is 157 Å². The molecule has 27 heavy (non-hydrogen) atoms. The number of hydrogen-bond donors (Lipinski definition) is 2. The van der Waals surface area contributed by atoms with Crippen molar-refractivity contribution in [1.29, 1.82) is 0 Å². The minimum atomic E-state index is -0.433. The third-order valence-corrected chi connectivity index (χ3v) is 3.55. The fourth-order valence-corrected chi connectivity index (χ4v) is 2.18. The SMILES string of the molecule is COC(=O)c1ccc(NC(=O)NCCOc2cc(OC)cc(OC)c2)cc1. The minimum absolute atomic E-state index is 0.269. The molecule has 0 aromatic heterocycles. The number of carbonyl (C=O) groups is 2. The van der Waals surface area contributed by atoms with Crippen molar-refractivity contribution in [2.24, 2.45) is 0 Å². The van der Waals surface area contributed by atoms with Crippen molar-refractivity contribution in [3.63, 3.8) is 0 Å². The quantitative estimate of drug-likeness (QED) is 0.545. The van der Waals surface area contributed by atoms with Crippen LogP contribution < -0.4 is 24.8 Å². The molecule has 2 aromatic carbocycles. The van der Waals surface area contributed by atoms with E-state index < -0.39 is 5.97 Å². The summed E-state index contributed by atoms with van der Waals surface area (Å²) in [5.74, 6) is 1.38. The zero-order valence-electron chi connectivity index (χ0n) is 15.4. The molecule has 144 valence electrons. The van der Waals surface area contributed by atoms with Crippen molar-refractivity contribution in [3.8, 4) is 17.2 Å². The summed E-state index contributed by atoms with van der Waals surface area (Å²) in [5.41, 5.74) is 0.962. The second kappa shape index (κ2) is 9.91. The van der Waals surface area contributed by atoms with E-state index in [1.165, 1.54) is 7.11 Å². The molecule has 2 amide bonds. The number of benzene rings is 2. The van der Waals surface area contributed by atoms with Crippen LogP contribution >= 0.6 is 0 Å². The normalized spacial score (nSPS) is 9.89. The third-order valence-electron chi connectivity index (χ3n) is 3.55. The zero-order valence-corrected chi connectivity index (χ0v) is 15.4. The Bertz CT molecular complexity index is 754. The maximum absolute atomic E-state index is 11.9. The first-order valence-electron chi connectivity index (χ1n) is 8.15. The standard InChI is InChI=1S/C19H22N2O6/c1-24-15-10-16(25-2)12-17(11-15)27-9-8-20-19(23)21-14-6-4-13(5-7-14)18(22)26-3/h4-7,10-12H,8-9H2,1-3H3,(H2,20,21,23). The Balaban J connectivity index is 1.77. The Kier molecular flexibility index (Phi) is 7.30. The predicted molar refractivity (Wildman–Crippen MR) is 99.8 cm³/mol. The van der Waals surface area contributed by atoms with Crippen LogP contribution in [-0.2, 0) is 4.74 Å². The zero-order chi connectivity index (χ0) is 19.6. The number of carbonyl (C=O) groups excluding carboxylic acids is 2. The number of anilines is 1. The number of hydrogen-bond acceptors (Lipinski definition) is 6. The second-order valence-corrected chi connectivity index (χ2v) is 5.35. The number of rotatable bonds is 8. The van der Waals surface area contributed by atoms with E-state index in [0.717, 1.165) is 0 Å². The van der Waals surface area contributed by atoms with Crippen LogP contribution in [0.3, 0.4) is 0 Å². The summed E-state index contributed by atoms with van der Waals surface area (Å²) >= 11 is 0. The van der Waals surface area contributed by atoms with E-state index in [9.17, 15) is 9.59 Å². The van der Waals surface area contributed by atoms with E-state index in [0.29, 0.717) is 35.0 Å². The second-order valence-electron chi connectivity index (χ2n) is 5.35. The summed E-state index contributed by atoms with van der Waals surface area (Å²) in [6, 6.07) is 11.2. The number of methoxy groups -OCH3 is 3. The van der Waals surface area contributed by atoms with Crippen LogP contribution in [0.15, 0.2) is 42.5 Å². The molecular weight excluding hydrogens is 352 g/mol. The van der Waals surface area contributed by atoms with Crippen LogP contribution in [0.1, 0.15) is 10.4 Å². The molecule has 8 nitrogen and oxygen atoms in total. The lowest BCUT2D eigenvalue weighted by Gasteiger charge is -2.11. The molecule has 0 aliphatic rings. The molecule has 0 heterocycles. The maximum atomic E-state index is 11.9. The number of urea groups is 1. The lowest BCUT2D eigenvalue weighted by atomic mass is 10.2. The third kappa shape index (κ3) is 6.10. The van der Waals surface area contributed by atoms with E-state index >= 15 is 0 Å². The van der Waals surface area contributed by atoms with Gasteiger partial charge in [-0.25, -0.2) is 9.59 Å². The summed E-state index contributed by atoms with van der Waals surface area (Å²) in [5, 5.41) is 5.34. The predicted octanol–water partition coefficient (Wildman–Crippen LogP) is 2.69. The molecule has 0 fully saturated rings. The molecule has 0 saturated heterocycles. The molecule has 0 saturated carbocycles. The number of nitrogens with one attached hydrogen (secondary N) is 2. The van der Waals surface area contributed by atoms with Gasteiger partial charge in [0.15, 0.2) is 0 Å². The van der Waals surface area contributed by atoms with Gasteiger partial charge in [-0.3, -0.25) is 0 Å². The van der Waals surface area contributed by atoms with Crippen LogP contribution in [-0.4, -0.2) is 46.5 Å². The van der Waals surface area contributed by atoms with Gasteiger partial charge >= 0.3 is 12.0 Å².